The highest BCUT2D eigenvalue weighted by atomic mass is 16.2. The predicted octanol–water partition coefficient (Wildman–Crippen LogP) is 2.33. The van der Waals surface area contributed by atoms with E-state index in [-0.39, 0.29) is 5.91 Å². The van der Waals surface area contributed by atoms with E-state index in [9.17, 15) is 4.79 Å². The third-order valence-electron chi connectivity index (χ3n) is 4.65. The number of aromatic amines is 1. The highest BCUT2D eigenvalue weighted by Gasteiger charge is 2.22. The van der Waals surface area contributed by atoms with E-state index in [1.165, 1.54) is 5.69 Å². The smallest absolute Gasteiger partial charge is 0.240 e. The molecule has 1 fully saturated rings. The van der Waals surface area contributed by atoms with Crippen LogP contribution in [0.5, 0.6) is 0 Å². The van der Waals surface area contributed by atoms with Gasteiger partial charge in [-0.25, -0.2) is 4.98 Å². The summed E-state index contributed by atoms with van der Waals surface area (Å²) >= 11 is 0. The maximum Gasteiger partial charge on any atom is 0.240 e. The third kappa shape index (κ3) is 4.20. The Balaban J connectivity index is 1.46. The van der Waals surface area contributed by atoms with Crippen LogP contribution in [0.1, 0.15) is 18.5 Å². The number of anilines is 1. The number of benzene rings is 1. The zero-order chi connectivity index (χ0) is 16.1. The minimum atomic E-state index is 0.156. The van der Waals surface area contributed by atoms with Gasteiger partial charge in [0.1, 0.15) is 0 Å². The number of likely N-dealkylation sites (N-methyl/N-ethyl adjacent to an activating group) is 1. The maximum atomic E-state index is 12.4. The fraction of sp³-hybridized carbons (Fsp3) is 0.444. The van der Waals surface area contributed by atoms with Gasteiger partial charge in [0.05, 0.1) is 12.9 Å². The summed E-state index contributed by atoms with van der Waals surface area (Å²) in [6.45, 7) is 2.49. The number of nitrogens with one attached hydrogen (secondary N) is 1. The molecular weight excluding hydrogens is 288 g/mol. The Morgan fingerprint density at radius 1 is 1.30 bits per heavy atom. The molecular formula is C18H24N4O. The number of hydrogen-bond donors (Lipinski definition) is 1. The molecule has 5 nitrogen and oxygen atoms in total. The van der Waals surface area contributed by atoms with Crippen LogP contribution in [0.25, 0.3) is 0 Å². The van der Waals surface area contributed by atoms with Crippen molar-refractivity contribution < 1.29 is 4.79 Å². The highest BCUT2D eigenvalue weighted by Crippen LogP contribution is 2.21. The summed E-state index contributed by atoms with van der Waals surface area (Å²) in [6.07, 6.45) is 6.99. The van der Waals surface area contributed by atoms with E-state index in [0.29, 0.717) is 12.5 Å². The summed E-state index contributed by atoms with van der Waals surface area (Å²) in [5.41, 5.74) is 2.16. The molecule has 1 aliphatic heterocycles. The Kier molecular flexibility index (Phi) is 5.08. The number of aromatic nitrogens is 2. The van der Waals surface area contributed by atoms with Gasteiger partial charge in [-0.2, -0.15) is 0 Å². The minimum Gasteiger partial charge on any atom is -0.348 e. The van der Waals surface area contributed by atoms with E-state index < -0.39 is 0 Å². The monoisotopic (exact) mass is 312 g/mol. The molecule has 1 saturated heterocycles. The standard InChI is InChI=1S/C18H24N4O/c1-21(17-5-3-2-4-6-17)18(23)13-22-9-7-15(8-10-22)11-16-12-19-14-20-16/h2-6,12,14-15H,7-11,13H2,1H3,(H,19,20). The topological polar surface area (TPSA) is 52.2 Å². The van der Waals surface area contributed by atoms with E-state index in [1.54, 1.807) is 11.2 Å². The first-order valence-corrected chi connectivity index (χ1v) is 8.23. The summed E-state index contributed by atoms with van der Waals surface area (Å²) < 4.78 is 0. The molecule has 2 heterocycles. The van der Waals surface area contributed by atoms with Crippen molar-refractivity contribution in [1.82, 2.24) is 14.9 Å². The fourth-order valence-electron chi connectivity index (χ4n) is 3.15. The number of nitrogens with zero attached hydrogens (tertiary/aromatic N) is 3. The lowest BCUT2D eigenvalue weighted by molar-refractivity contribution is -0.119. The van der Waals surface area contributed by atoms with Crippen LogP contribution in [0.2, 0.25) is 0 Å². The van der Waals surface area contributed by atoms with Gasteiger partial charge in [0.25, 0.3) is 0 Å². The van der Waals surface area contributed by atoms with Crippen LogP contribution in [-0.2, 0) is 11.2 Å². The zero-order valence-electron chi connectivity index (χ0n) is 13.6. The van der Waals surface area contributed by atoms with Crippen molar-refractivity contribution in [2.45, 2.75) is 19.3 Å². The van der Waals surface area contributed by atoms with E-state index in [0.717, 1.165) is 38.0 Å². The number of rotatable bonds is 5. The lowest BCUT2D eigenvalue weighted by Crippen LogP contribution is -2.42. The van der Waals surface area contributed by atoms with Crippen LogP contribution in [0, 0.1) is 5.92 Å². The van der Waals surface area contributed by atoms with E-state index in [1.807, 2.05) is 43.6 Å². The van der Waals surface area contributed by atoms with Crippen molar-refractivity contribution >= 4 is 11.6 Å². The van der Waals surface area contributed by atoms with Crippen LogP contribution in [0.15, 0.2) is 42.9 Å². The Hall–Kier alpha value is -2.14. The summed E-state index contributed by atoms with van der Waals surface area (Å²) in [5, 5.41) is 0. The van der Waals surface area contributed by atoms with Gasteiger partial charge in [-0.3, -0.25) is 9.69 Å². The first-order chi connectivity index (χ1) is 11.2. The average Bonchev–Trinajstić information content (AvgIpc) is 3.10. The van der Waals surface area contributed by atoms with Gasteiger partial charge in [-0.15, -0.1) is 0 Å². The van der Waals surface area contributed by atoms with E-state index in [4.69, 9.17) is 0 Å². The van der Waals surface area contributed by atoms with Crippen LogP contribution in [-0.4, -0.2) is 47.5 Å². The zero-order valence-corrected chi connectivity index (χ0v) is 13.6. The first-order valence-electron chi connectivity index (χ1n) is 8.23. The molecule has 0 radical (unpaired) electrons. The van der Waals surface area contributed by atoms with Gasteiger partial charge in [-0.05, 0) is 50.4 Å². The normalized spacial score (nSPS) is 16.4. The summed E-state index contributed by atoms with van der Waals surface area (Å²) in [5.74, 6) is 0.844. The first kappa shape index (κ1) is 15.7. The second kappa shape index (κ2) is 7.42. The number of piperidine rings is 1. The third-order valence-corrected chi connectivity index (χ3v) is 4.65. The molecule has 122 valence electrons. The van der Waals surface area contributed by atoms with Crippen LogP contribution in [0.4, 0.5) is 5.69 Å². The molecule has 0 saturated carbocycles. The van der Waals surface area contributed by atoms with Gasteiger partial charge in [-0.1, -0.05) is 18.2 Å². The lowest BCUT2D eigenvalue weighted by atomic mass is 9.92. The second-order valence-corrected chi connectivity index (χ2v) is 6.29. The van der Waals surface area contributed by atoms with Crippen molar-refractivity contribution in [3.8, 4) is 0 Å². The Morgan fingerprint density at radius 3 is 2.70 bits per heavy atom. The molecule has 0 spiro atoms. The summed E-state index contributed by atoms with van der Waals surface area (Å²) in [6, 6.07) is 9.81. The molecule has 0 bridgehead atoms. The average molecular weight is 312 g/mol. The second-order valence-electron chi connectivity index (χ2n) is 6.29. The Morgan fingerprint density at radius 2 is 2.04 bits per heavy atom. The number of carbonyl (C=O) groups is 1. The predicted molar refractivity (Wildman–Crippen MR) is 91.3 cm³/mol. The largest absolute Gasteiger partial charge is 0.348 e. The van der Waals surface area contributed by atoms with Gasteiger partial charge < -0.3 is 9.88 Å². The molecule has 1 aliphatic rings. The fourth-order valence-corrected chi connectivity index (χ4v) is 3.15. The van der Waals surface area contributed by atoms with Crippen LogP contribution in [0.3, 0.4) is 0 Å². The maximum absolute atomic E-state index is 12.4. The van der Waals surface area contributed by atoms with Gasteiger partial charge in [0.2, 0.25) is 5.91 Å². The van der Waals surface area contributed by atoms with Gasteiger partial charge in [0.15, 0.2) is 0 Å². The molecule has 23 heavy (non-hydrogen) atoms. The summed E-state index contributed by atoms with van der Waals surface area (Å²) in [7, 11) is 1.85. The number of likely N-dealkylation sites (tertiary alicyclic amines) is 1. The molecule has 1 aromatic carbocycles. The molecule has 2 aromatic rings. The van der Waals surface area contributed by atoms with Crippen molar-refractivity contribution in [3.63, 3.8) is 0 Å². The number of imidazole rings is 1. The number of H-pyrrole nitrogens is 1. The molecule has 1 amide bonds. The Labute approximate surface area is 137 Å². The molecule has 5 heteroatoms. The molecule has 1 aromatic heterocycles. The number of para-hydroxylation sites is 1. The minimum absolute atomic E-state index is 0.156. The highest BCUT2D eigenvalue weighted by molar-refractivity contribution is 5.94. The van der Waals surface area contributed by atoms with Crippen molar-refractivity contribution in [2.75, 3.05) is 31.6 Å². The Bertz CT molecular complexity index is 603. The van der Waals surface area contributed by atoms with Crippen LogP contribution < -0.4 is 4.90 Å². The molecule has 0 aliphatic carbocycles. The number of carbonyl (C=O) groups excluding carboxylic acids is 1. The molecule has 0 unspecified atom stereocenters. The lowest BCUT2D eigenvalue weighted by Gasteiger charge is -2.32. The van der Waals surface area contributed by atoms with Crippen LogP contribution >= 0.6 is 0 Å². The van der Waals surface area contributed by atoms with E-state index in [2.05, 4.69) is 14.9 Å². The number of hydrogen-bond acceptors (Lipinski definition) is 3. The van der Waals surface area contributed by atoms with Crippen molar-refractivity contribution in [3.05, 3.63) is 48.5 Å². The summed E-state index contributed by atoms with van der Waals surface area (Å²) in [4.78, 5) is 23.7. The molecule has 1 N–H and O–H groups in total. The van der Waals surface area contributed by atoms with Crippen molar-refractivity contribution in [2.24, 2.45) is 5.92 Å². The van der Waals surface area contributed by atoms with Gasteiger partial charge in [0, 0.05) is 24.6 Å². The van der Waals surface area contributed by atoms with Crippen molar-refractivity contribution in [1.29, 1.82) is 0 Å². The molecule has 3 rings (SSSR count). The quantitative estimate of drug-likeness (QED) is 0.922. The SMILES string of the molecule is CN(C(=O)CN1CCC(Cc2cnc[nH]2)CC1)c1ccccc1. The number of amides is 1. The molecule has 0 atom stereocenters. The van der Waals surface area contributed by atoms with E-state index >= 15 is 0 Å². The van der Waals surface area contributed by atoms with Gasteiger partial charge >= 0.3 is 0 Å².